The van der Waals surface area contributed by atoms with Crippen molar-refractivity contribution in [3.05, 3.63) is 30.1 Å². The zero-order valence-electron chi connectivity index (χ0n) is 8.56. The van der Waals surface area contributed by atoms with E-state index in [2.05, 4.69) is 11.9 Å². The molecular formula is C11H18N2O. The summed E-state index contributed by atoms with van der Waals surface area (Å²) in [5.41, 5.74) is 6.79. The predicted octanol–water partition coefficient (Wildman–Crippen LogP) is 1.14. The quantitative estimate of drug-likeness (QED) is 0.739. The molecule has 0 spiro atoms. The lowest BCUT2D eigenvalue weighted by Crippen LogP contribution is -2.20. The summed E-state index contributed by atoms with van der Waals surface area (Å²) in [6.45, 7) is 2.87. The third kappa shape index (κ3) is 3.09. The molecule has 14 heavy (non-hydrogen) atoms. The van der Waals surface area contributed by atoms with Crippen molar-refractivity contribution in [1.29, 1.82) is 0 Å². The van der Waals surface area contributed by atoms with Gasteiger partial charge in [-0.3, -0.25) is 4.98 Å². The summed E-state index contributed by atoms with van der Waals surface area (Å²) in [5, 5.41) is 9.03. The van der Waals surface area contributed by atoms with Crippen LogP contribution in [0.15, 0.2) is 24.5 Å². The number of aliphatic hydroxyl groups excluding tert-OH is 1. The minimum absolute atomic E-state index is 0.173. The highest BCUT2D eigenvalue weighted by molar-refractivity contribution is 5.14. The molecule has 0 bridgehead atoms. The Bertz CT molecular complexity index is 247. The monoisotopic (exact) mass is 194 g/mol. The molecule has 0 aromatic carbocycles. The molecule has 0 aliphatic heterocycles. The first-order chi connectivity index (χ1) is 6.77. The van der Waals surface area contributed by atoms with E-state index in [1.807, 2.05) is 12.1 Å². The van der Waals surface area contributed by atoms with Gasteiger partial charge in [0.2, 0.25) is 0 Å². The lowest BCUT2D eigenvalue weighted by molar-refractivity contribution is 0.217. The zero-order valence-corrected chi connectivity index (χ0v) is 8.56. The second-order valence-electron chi connectivity index (χ2n) is 3.70. The molecule has 1 aromatic heterocycles. The van der Waals surface area contributed by atoms with Crippen LogP contribution in [-0.2, 0) is 0 Å². The van der Waals surface area contributed by atoms with E-state index in [0.717, 1.165) is 6.42 Å². The number of aromatic nitrogens is 1. The van der Waals surface area contributed by atoms with Crippen molar-refractivity contribution in [3.63, 3.8) is 0 Å². The van der Waals surface area contributed by atoms with Crippen LogP contribution in [0.3, 0.4) is 0 Å². The van der Waals surface area contributed by atoms with E-state index in [4.69, 9.17) is 10.8 Å². The summed E-state index contributed by atoms with van der Waals surface area (Å²) in [5.74, 6) is 0.636. The zero-order chi connectivity index (χ0) is 10.4. The molecule has 0 saturated carbocycles. The van der Waals surface area contributed by atoms with Crippen LogP contribution in [0, 0.1) is 5.92 Å². The summed E-state index contributed by atoms with van der Waals surface area (Å²) in [6.07, 6.45) is 4.52. The van der Waals surface area contributed by atoms with Gasteiger partial charge in [-0.2, -0.15) is 0 Å². The Balaban J connectivity index is 2.54. The van der Waals surface area contributed by atoms with Crippen LogP contribution in [0.2, 0.25) is 0 Å². The second-order valence-corrected chi connectivity index (χ2v) is 3.70. The average molecular weight is 194 g/mol. The summed E-state index contributed by atoms with van der Waals surface area (Å²) >= 11 is 0. The topological polar surface area (TPSA) is 59.1 Å². The van der Waals surface area contributed by atoms with Gasteiger partial charge in [-0.15, -0.1) is 0 Å². The maximum Gasteiger partial charge on any atom is 0.0471 e. The van der Waals surface area contributed by atoms with E-state index in [1.165, 1.54) is 5.56 Å². The second kappa shape index (κ2) is 5.73. The van der Waals surface area contributed by atoms with Gasteiger partial charge in [0.25, 0.3) is 0 Å². The van der Waals surface area contributed by atoms with Crippen molar-refractivity contribution < 1.29 is 5.11 Å². The van der Waals surface area contributed by atoms with Gasteiger partial charge in [0.15, 0.2) is 0 Å². The van der Waals surface area contributed by atoms with Gasteiger partial charge >= 0.3 is 0 Å². The summed E-state index contributed by atoms with van der Waals surface area (Å²) in [4.78, 5) is 3.97. The predicted molar refractivity (Wildman–Crippen MR) is 56.9 cm³/mol. The van der Waals surface area contributed by atoms with Gasteiger partial charge in [0.05, 0.1) is 0 Å². The molecule has 0 amide bonds. The molecule has 3 heteroatoms. The van der Waals surface area contributed by atoms with Crippen molar-refractivity contribution in [3.8, 4) is 0 Å². The van der Waals surface area contributed by atoms with E-state index in [9.17, 15) is 0 Å². The molecule has 2 atom stereocenters. The highest BCUT2D eigenvalue weighted by atomic mass is 16.3. The molecule has 0 fully saturated rings. The Morgan fingerprint density at radius 3 is 2.57 bits per heavy atom. The third-order valence-electron chi connectivity index (χ3n) is 2.55. The number of hydrogen-bond donors (Lipinski definition) is 2. The normalized spacial score (nSPS) is 15.1. The Kier molecular flexibility index (Phi) is 4.56. The number of pyridine rings is 1. The molecule has 2 unspecified atom stereocenters. The molecule has 0 aliphatic carbocycles. The van der Waals surface area contributed by atoms with Crippen LogP contribution in [-0.4, -0.2) is 23.2 Å². The van der Waals surface area contributed by atoms with E-state index >= 15 is 0 Å². The number of aliphatic hydroxyl groups is 1. The maximum absolute atomic E-state index is 9.03. The molecule has 0 saturated heterocycles. The van der Waals surface area contributed by atoms with E-state index in [0.29, 0.717) is 12.5 Å². The van der Waals surface area contributed by atoms with Crippen LogP contribution in [0.5, 0.6) is 0 Å². The summed E-state index contributed by atoms with van der Waals surface area (Å²) in [6, 6.07) is 4.02. The van der Waals surface area contributed by atoms with E-state index < -0.39 is 0 Å². The molecule has 0 aliphatic rings. The van der Waals surface area contributed by atoms with Crippen LogP contribution < -0.4 is 5.73 Å². The lowest BCUT2D eigenvalue weighted by atomic mass is 9.91. The smallest absolute Gasteiger partial charge is 0.0471 e. The van der Waals surface area contributed by atoms with Crippen LogP contribution >= 0.6 is 0 Å². The highest BCUT2D eigenvalue weighted by Crippen LogP contribution is 2.21. The molecule has 3 N–H and O–H groups in total. The first kappa shape index (κ1) is 11.1. The Morgan fingerprint density at radius 1 is 1.43 bits per heavy atom. The molecule has 1 heterocycles. The van der Waals surface area contributed by atoms with Gasteiger partial charge in [0.1, 0.15) is 0 Å². The van der Waals surface area contributed by atoms with Crippen molar-refractivity contribution in [2.45, 2.75) is 19.3 Å². The van der Waals surface area contributed by atoms with E-state index in [-0.39, 0.29) is 12.5 Å². The number of nitrogens with zero attached hydrogens (tertiary/aromatic N) is 1. The number of nitrogens with two attached hydrogens (primary N) is 1. The Morgan fingerprint density at radius 2 is 2.07 bits per heavy atom. The van der Waals surface area contributed by atoms with Crippen LogP contribution in [0.4, 0.5) is 0 Å². The van der Waals surface area contributed by atoms with Gasteiger partial charge in [-0.25, -0.2) is 0 Å². The van der Waals surface area contributed by atoms with E-state index in [1.54, 1.807) is 12.4 Å². The average Bonchev–Trinajstić information content (AvgIpc) is 2.26. The molecule has 1 aromatic rings. The fourth-order valence-corrected chi connectivity index (χ4v) is 1.57. The largest absolute Gasteiger partial charge is 0.396 e. The fraction of sp³-hybridized carbons (Fsp3) is 0.545. The molecule has 3 nitrogen and oxygen atoms in total. The van der Waals surface area contributed by atoms with Gasteiger partial charge in [-0.1, -0.05) is 6.92 Å². The van der Waals surface area contributed by atoms with Crippen molar-refractivity contribution in [2.75, 3.05) is 13.2 Å². The number of hydrogen-bond acceptors (Lipinski definition) is 3. The highest BCUT2D eigenvalue weighted by Gasteiger charge is 2.12. The SMILES string of the molecule is CC(CC(CN)CO)c1ccncc1. The van der Waals surface area contributed by atoms with Crippen LogP contribution in [0.25, 0.3) is 0 Å². The van der Waals surface area contributed by atoms with Crippen molar-refractivity contribution >= 4 is 0 Å². The van der Waals surface area contributed by atoms with Crippen LogP contribution in [0.1, 0.15) is 24.8 Å². The Hall–Kier alpha value is -0.930. The molecule has 0 radical (unpaired) electrons. The molecular weight excluding hydrogens is 176 g/mol. The fourth-order valence-electron chi connectivity index (χ4n) is 1.57. The molecule has 1 rings (SSSR count). The van der Waals surface area contributed by atoms with Gasteiger partial charge in [-0.05, 0) is 42.5 Å². The first-order valence-electron chi connectivity index (χ1n) is 4.98. The Labute approximate surface area is 85.0 Å². The lowest BCUT2D eigenvalue weighted by Gasteiger charge is -2.17. The molecule has 78 valence electrons. The standard InChI is InChI=1S/C11H18N2O/c1-9(6-10(7-12)8-14)11-2-4-13-5-3-11/h2-5,9-10,14H,6-8,12H2,1H3. The minimum atomic E-state index is 0.173. The number of rotatable bonds is 5. The van der Waals surface area contributed by atoms with Crippen molar-refractivity contribution in [1.82, 2.24) is 4.98 Å². The van der Waals surface area contributed by atoms with Gasteiger partial charge < -0.3 is 10.8 Å². The summed E-state index contributed by atoms with van der Waals surface area (Å²) < 4.78 is 0. The third-order valence-corrected chi connectivity index (χ3v) is 2.55. The minimum Gasteiger partial charge on any atom is -0.396 e. The van der Waals surface area contributed by atoms with Crippen molar-refractivity contribution in [2.24, 2.45) is 11.7 Å². The summed E-state index contributed by atoms with van der Waals surface area (Å²) in [7, 11) is 0. The van der Waals surface area contributed by atoms with Gasteiger partial charge in [0, 0.05) is 19.0 Å². The maximum atomic E-state index is 9.03. The first-order valence-corrected chi connectivity index (χ1v) is 4.98.